The van der Waals surface area contributed by atoms with E-state index in [2.05, 4.69) is 4.72 Å². The third kappa shape index (κ3) is 4.60. The number of rotatable bonds is 8. The fraction of sp³-hybridized carbons (Fsp3) is 0.625. The van der Waals surface area contributed by atoms with Gasteiger partial charge in [-0.1, -0.05) is 18.9 Å². The predicted octanol–water partition coefficient (Wildman–Crippen LogP) is 1.45. The maximum Gasteiger partial charge on any atom is 0.279 e. The molecule has 0 heterocycles. The number of aliphatic hydroxyl groups is 1. The minimum atomic E-state index is -3.61. The SMILES string of the molecule is COc1ccc(C(O)CN(C)S(=O)(=O)NC2CCCC2)cc1OC. The van der Waals surface area contributed by atoms with Crippen LogP contribution in [0, 0.1) is 0 Å². The van der Waals surface area contributed by atoms with Crippen molar-refractivity contribution >= 4 is 10.2 Å². The van der Waals surface area contributed by atoms with Gasteiger partial charge in [0.2, 0.25) is 0 Å². The average molecular weight is 358 g/mol. The summed E-state index contributed by atoms with van der Waals surface area (Å²) >= 11 is 0. The normalized spacial score (nSPS) is 17.2. The molecule has 0 radical (unpaired) electrons. The molecule has 2 rings (SSSR count). The summed E-state index contributed by atoms with van der Waals surface area (Å²) < 4.78 is 38.9. The highest BCUT2D eigenvalue weighted by Crippen LogP contribution is 2.30. The Morgan fingerprint density at radius 3 is 2.46 bits per heavy atom. The molecule has 0 aliphatic heterocycles. The van der Waals surface area contributed by atoms with E-state index in [0.29, 0.717) is 17.1 Å². The molecule has 1 aliphatic carbocycles. The van der Waals surface area contributed by atoms with Crippen LogP contribution in [0.2, 0.25) is 0 Å². The fourth-order valence-electron chi connectivity index (χ4n) is 2.85. The Bertz CT molecular complexity index is 644. The van der Waals surface area contributed by atoms with Crippen LogP contribution in [0.1, 0.15) is 37.4 Å². The van der Waals surface area contributed by atoms with Gasteiger partial charge in [-0.05, 0) is 30.5 Å². The van der Waals surface area contributed by atoms with Crippen LogP contribution in [0.25, 0.3) is 0 Å². The van der Waals surface area contributed by atoms with Gasteiger partial charge in [0, 0.05) is 19.6 Å². The summed E-state index contributed by atoms with van der Waals surface area (Å²) in [4.78, 5) is 0. The summed E-state index contributed by atoms with van der Waals surface area (Å²) in [5, 5.41) is 10.4. The van der Waals surface area contributed by atoms with Crippen LogP contribution in [-0.2, 0) is 10.2 Å². The highest BCUT2D eigenvalue weighted by Gasteiger charge is 2.26. The highest BCUT2D eigenvalue weighted by atomic mass is 32.2. The van der Waals surface area contributed by atoms with Gasteiger partial charge < -0.3 is 14.6 Å². The zero-order valence-electron chi connectivity index (χ0n) is 14.4. The maximum absolute atomic E-state index is 12.3. The first kappa shape index (κ1) is 19.0. The van der Waals surface area contributed by atoms with Crippen molar-refractivity contribution in [1.29, 1.82) is 0 Å². The van der Waals surface area contributed by atoms with Gasteiger partial charge in [-0.25, -0.2) is 0 Å². The van der Waals surface area contributed by atoms with Crippen molar-refractivity contribution in [1.82, 2.24) is 9.03 Å². The van der Waals surface area contributed by atoms with Crippen molar-refractivity contribution in [2.24, 2.45) is 0 Å². The molecule has 7 nitrogen and oxygen atoms in total. The van der Waals surface area contributed by atoms with Crippen LogP contribution >= 0.6 is 0 Å². The molecule has 24 heavy (non-hydrogen) atoms. The van der Waals surface area contributed by atoms with Crippen LogP contribution in [0.5, 0.6) is 11.5 Å². The van der Waals surface area contributed by atoms with Gasteiger partial charge in [-0.2, -0.15) is 17.4 Å². The van der Waals surface area contributed by atoms with E-state index in [9.17, 15) is 13.5 Å². The quantitative estimate of drug-likeness (QED) is 0.734. The second kappa shape index (κ2) is 8.15. The molecule has 2 N–H and O–H groups in total. The first-order valence-corrected chi connectivity index (χ1v) is 9.45. The van der Waals surface area contributed by atoms with E-state index in [-0.39, 0.29) is 12.6 Å². The number of likely N-dealkylation sites (N-methyl/N-ethyl adjacent to an activating group) is 1. The fourth-order valence-corrected chi connectivity index (χ4v) is 4.03. The van der Waals surface area contributed by atoms with Gasteiger partial charge in [0.25, 0.3) is 10.2 Å². The summed E-state index contributed by atoms with van der Waals surface area (Å²) in [6.45, 7) is -0.0441. The number of benzene rings is 1. The lowest BCUT2D eigenvalue weighted by Crippen LogP contribution is -2.44. The molecule has 1 fully saturated rings. The minimum absolute atomic E-state index is 0.00401. The van der Waals surface area contributed by atoms with Gasteiger partial charge in [0.1, 0.15) is 0 Å². The number of aliphatic hydroxyl groups excluding tert-OH is 1. The molecule has 1 unspecified atom stereocenters. The summed E-state index contributed by atoms with van der Waals surface area (Å²) in [6.07, 6.45) is 2.86. The van der Waals surface area contributed by atoms with E-state index >= 15 is 0 Å². The smallest absolute Gasteiger partial charge is 0.279 e. The molecule has 0 spiro atoms. The Labute approximate surface area is 143 Å². The van der Waals surface area contributed by atoms with E-state index in [4.69, 9.17) is 9.47 Å². The first-order valence-electron chi connectivity index (χ1n) is 8.01. The van der Waals surface area contributed by atoms with E-state index in [1.54, 1.807) is 18.2 Å². The van der Waals surface area contributed by atoms with Crippen molar-refractivity contribution in [2.45, 2.75) is 37.8 Å². The molecule has 1 aromatic carbocycles. The highest BCUT2D eigenvalue weighted by molar-refractivity contribution is 7.87. The van der Waals surface area contributed by atoms with E-state index in [1.165, 1.54) is 21.3 Å². The molecule has 1 saturated carbocycles. The van der Waals surface area contributed by atoms with Crippen LogP contribution < -0.4 is 14.2 Å². The lowest BCUT2D eigenvalue weighted by molar-refractivity contribution is 0.154. The van der Waals surface area contributed by atoms with Crippen molar-refractivity contribution in [3.05, 3.63) is 23.8 Å². The van der Waals surface area contributed by atoms with Gasteiger partial charge >= 0.3 is 0 Å². The van der Waals surface area contributed by atoms with Crippen molar-refractivity contribution in [3.8, 4) is 11.5 Å². The van der Waals surface area contributed by atoms with Crippen LogP contribution in [-0.4, -0.2) is 51.7 Å². The second-order valence-electron chi connectivity index (χ2n) is 6.01. The number of methoxy groups -OCH3 is 2. The summed E-state index contributed by atoms with van der Waals surface area (Å²) in [7, 11) is 0.892. The number of ether oxygens (including phenoxy) is 2. The molecule has 1 aliphatic rings. The molecular formula is C16H26N2O5S. The third-order valence-electron chi connectivity index (χ3n) is 4.30. The minimum Gasteiger partial charge on any atom is -0.493 e. The summed E-state index contributed by atoms with van der Waals surface area (Å²) in [6, 6.07) is 5.02. The maximum atomic E-state index is 12.3. The van der Waals surface area contributed by atoms with Gasteiger partial charge in [0.15, 0.2) is 11.5 Å². The molecule has 0 bridgehead atoms. The molecule has 0 saturated heterocycles. The Morgan fingerprint density at radius 2 is 1.88 bits per heavy atom. The largest absolute Gasteiger partial charge is 0.493 e. The topological polar surface area (TPSA) is 88.1 Å². The average Bonchev–Trinajstić information content (AvgIpc) is 3.06. The van der Waals surface area contributed by atoms with Crippen molar-refractivity contribution in [3.63, 3.8) is 0 Å². The van der Waals surface area contributed by atoms with E-state index in [0.717, 1.165) is 30.0 Å². The van der Waals surface area contributed by atoms with Gasteiger partial charge in [0.05, 0.1) is 20.3 Å². The van der Waals surface area contributed by atoms with Crippen LogP contribution in [0.3, 0.4) is 0 Å². The second-order valence-corrected chi connectivity index (χ2v) is 7.82. The Hall–Kier alpha value is -1.35. The van der Waals surface area contributed by atoms with Gasteiger partial charge in [-0.3, -0.25) is 0 Å². The van der Waals surface area contributed by atoms with E-state index < -0.39 is 16.3 Å². The standard InChI is InChI=1S/C16H26N2O5S/c1-18(24(20,21)17-13-6-4-5-7-13)11-14(19)12-8-9-15(22-2)16(10-12)23-3/h8-10,13-14,17,19H,4-7,11H2,1-3H3. The van der Waals surface area contributed by atoms with Crippen LogP contribution in [0.4, 0.5) is 0 Å². The monoisotopic (exact) mass is 358 g/mol. The Kier molecular flexibility index (Phi) is 6.45. The zero-order valence-corrected chi connectivity index (χ0v) is 15.2. The third-order valence-corrected chi connectivity index (χ3v) is 5.90. The molecule has 136 valence electrons. The Morgan fingerprint density at radius 1 is 1.25 bits per heavy atom. The molecule has 0 amide bonds. The number of nitrogens with one attached hydrogen (secondary N) is 1. The number of hydrogen-bond acceptors (Lipinski definition) is 5. The number of hydrogen-bond donors (Lipinski definition) is 2. The lowest BCUT2D eigenvalue weighted by atomic mass is 10.1. The molecule has 0 aromatic heterocycles. The molecule has 1 aromatic rings. The summed E-state index contributed by atoms with van der Waals surface area (Å²) in [5.74, 6) is 1.04. The van der Waals surface area contributed by atoms with Crippen molar-refractivity contribution < 1.29 is 23.0 Å². The van der Waals surface area contributed by atoms with Gasteiger partial charge in [-0.15, -0.1) is 0 Å². The molecule has 8 heteroatoms. The van der Waals surface area contributed by atoms with E-state index in [1.807, 2.05) is 0 Å². The van der Waals surface area contributed by atoms with Crippen molar-refractivity contribution in [2.75, 3.05) is 27.8 Å². The number of nitrogens with zero attached hydrogens (tertiary/aromatic N) is 1. The summed E-state index contributed by atoms with van der Waals surface area (Å²) in [5.41, 5.74) is 0.565. The zero-order chi connectivity index (χ0) is 17.7. The first-order chi connectivity index (χ1) is 11.4. The predicted molar refractivity (Wildman–Crippen MR) is 91.4 cm³/mol. The van der Waals surface area contributed by atoms with Crippen LogP contribution in [0.15, 0.2) is 18.2 Å². The Balaban J connectivity index is 2.03. The molecule has 1 atom stereocenters. The lowest BCUT2D eigenvalue weighted by Gasteiger charge is -2.23. The molecular weight excluding hydrogens is 332 g/mol.